The minimum Gasteiger partial charge on any atom is -0.240 e. The lowest BCUT2D eigenvalue weighted by molar-refractivity contribution is 1.24. The van der Waals surface area contributed by atoms with E-state index in [2.05, 4.69) is 11.9 Å². The Hall–Kier alpha value is -0.380. The van der Waals surface area contributed by atoms with Gasteiger partial charge in [-0.25, -0.2) is 4.98 Å². The molecule has 0 aliphatic heterocycles. The van der Waals surface area contributed by atoms with Crippen LogP contribution >= 0.6 is 34.3 Å². The molecule has 0 unspecified atom stereocenters. The minimum atomic E-state index is 0.820. The van der Waals surface area contributed by atoms with Crippen LogP contribution in [0.3, 0.4) is 0 Å². The molecule has 4 heteroatoms. The topological polar surface area (TPSA) is 12.9 Å². The lowest BCUT2D eigenvalue weighted by atomic mass is 10.4. The molecule has 0 saturated carbocycles. The normalized spacial score (nSPS) is 10.7. The van der Waals surface area contributed by atoms with E-state index < -0.39 is 0 Å². The Kier molecular flexibility index (Phi) is 2.41. The third-order valence-corrected chi connectivity index (χ3v) is 4.29. The van der Waals surface area contributed by atoms with E-state index in [9.17, 15) is 0 Å². The van der Waals surface area contributed by atoms with Crippen LogP contribution in [0, 0.1) is 13.8 Å². The van der Waals surface area contributed by atoms with Crippen molar-refractivity contribution in [2.45, 2.75) is 13.8 Å². The molecule has 2 rings (SSSR count). The monoisotopic (exact) mass is 229 g/mol. The lowest BCUT2D eigenvalue weighted by Crippen LogP contribution is -1.72. The highest BCUT2D eigenvalue weighted by Crippen LogP contribution is 2.34. The maximum atomic E-state index is 5.85. The third kappa shape index (κ3) is 1.77. The van der Waals surface area contributed by atoms with Crippen molar-refractivity contribution in [1.82, 2.24) is 4.98 Å². The Morgan fingerprint density at radius 3 is 2.46 bits per heavy atom. The summed E-state index contributed by atoms with van der Waals surface area (Å²) in [4.78, 5) is 6.90. The van der Waals surface area contributed by atoms with Crippen LogP contribution in [0.5, 0.6) is 0 Å². The smallest absolute Gasteiger partial charge is 0.133 e. The van der Waals surface area contributed by atoms with Gasteiger partial charge in [0.25, 0.3) is 0 Å². The van der Waals surface area contributed by atoms with Crippen molar-refractivity contribution >= 4 is 34.3 Å². The average Bonchev–Trinajstić information content (AvgIpc) is 2.61. The summed E-state index contributed by atoms with van der Waals surface area (Å²) < 4.78 is 0.820. The molecule has 1 nitrogen and oxygen atoms in total. The second-order valence-electron chi connectivity index (χ2n) is 2.76. The molecule has 0 radical (unpaired) electrons. The molecule has 0 aliphatic rings. The predicted molar refractivity (Wildman–Crippen MR) is 59.9 cm³/mol. The van der Waals surface area contributed by atoms with Crippen LogP contribution in [0.15, 0.2) is 12.1 Å². The number of hydrogen-bond acceptors (Lipinski definition) is 3. The third-order valence-electron chi connectivity index (χ3n) is 1.81. The summed E-state index contributed by atoms with van der Waals surface area (Å²) in [5, 5.41) is 1.08. The highest BCUT2D eigenvalue weighted by molar-refractivity contribution is 7.23. The molecule has 0 N–H and O–H groups in total. The fourth-order valence-corrected chi connectivity index (χ4v) is 3.02. The highest BCUT2D eigenvalue weighted by atomic mass is 35.5. The van der Waals surface area contributed by atoms with Gasteiger partial charge < -0.3 is 0 Å². The first-order valence-electron chi connectivity index (χ1n) is 3.86. The minimum absolute atomic E-state index is 0.820. The number of aryl methyl sites for hydroxylation is 2. The van der Waals surface area contributed by atoms with Gasteiger partial charge in [-0.15, -0.1) is 22.7 Å². The molecular formula is C9H8ClNS2. The molecule has 0 aliphatic carbocycles. The molecule has 0 aromatic carbocycles. The van der Waals surface area contributed by atoms with Crippen molar-refractivity contribution < 1.29 is 0 Å². The van der Waals surface area contributed by atoms with Gasteiger partial charge in [-0.2, -0.15) is 0 Å². The van der Waals surface area contributed by atoms with Crippen molar-refractivity contribution in [3.8, 4) is 9.88 Å². The van der Waals surface area contributed by atoms with Gasteiger partial charge in [0.2, 0.25) is 0 Å². The molecule has 0 saturated heterocycles. The van der Waals surface area contributed by atoms with Crippen molar-refractivity contribution in [2.24, 2.45) is 0 Å². The van der Waals surface area contributed by atoms with E-state index in [1.165, 1.54) is 4.88 Å². The van der Waals surface area contributed by atoms with Crippen LogP contribution < -0.4 is 0 Å². The van der Waals surface area contributed by atoms with Crippen molar-refractivity contribution in [3.63, 3.8) is 0 Å². The molecule has 0 spiro atoms. The first-order valence-corrected chi connectivity index (χ1v) is 5.87. The zero-order valence-corrected chi connectivity index (χ0v) is 9.69. The first kappa shape index (κ1) is 9.19. The summed E-state index contributed by atoms with van der Waals surface area (Å²) in [5.41, 5.74) is 1.12. The fourth-order valence-electron chi connectivity index (χ4n) is 1.01. The maximum Gasteiger partial charge on any atom is 0.133 e. The van der Waals surface area contributed by atoms with Crippen LogP contribution in [-0.2, 0) is 0 Å². The standard InChI is InChI=1S/C9H8ClNS2/c1-5-6(2)12-9(11-5)7-3-4-8(10)13-7/h3-4H,1-2H3. The fraction of sp³-hybridized carbons (Fsp3) is 0.222. The number of halogens is 1. The number of rotatable bonds is 1. The van der Waals surface area contributed by atoms with Gasteiger partial charge >= 0.3 is 0 Å². The van der Waals surface area contributed by atoms with Crippen molar-refractivity contribution in [1.29, 1.82) is 0 Å². The van der Waals surface area contributed by atoms with Crippen LogP contribution in [-0.4, -0.2) is 4.98 Å². The molecule has 0 bridgehead atoms. The zero-order valence-electron chi connectivity index (χ0n) is 7.30. The predicted octanol–water partition coefficient (Wildman–Crippen LogP) is 4.14. The number of hydrogen-bond donors (Lipinski definition) is 0. The van der Waals surface area contributed by atoms with Gasteiger partial charge in [0.1, 0.15) is 5.01 Å². The Morgan fingerprint density at radius 1 is 1.23 bits per heavy atom. The summed E-state index contributed by atoms with van der Waals surface area (Å²) in [7, 11) is 0. The van der Waals surface area contributed by atoms with Crippen LogP contribution in [0.4, 0.5) is 0 Å². The highest BCUT2D eigenvalue weighted by Gasteiger charge is 2.07. The Balaban J connectivity index is 2.46. The van der Waals surface area contributed by atoms with E-state index in [4.69, 9.17) is 11.6 Å². The SMILES string of the molecule is Cc1nc(-c2ccc(Cl)s2)sc1C. The molecule has 2 heterocycles. The molecule has 13 heavy (non-hydrogen) atoms. The molecule has 0 fully saturated rings. The van der Waals surface area contributed by atoms with E-state index >= 15 is 0 Å². The van der Waals surface area contributed by atoms with E-state index in [-0.39, 0.29) is 0 Å². The van der Waals surface area contributed by atoms with Crippen molar-refractivity contribution in [2.75, 3.05) is 0 Å². The van der Waals surface area contributed by atoms with Gasteiger partial charge in [0.05, 0.1) is 14.9 Å². The Morgan fingerprint density at radius 2 is 2.00 bits per heavy atom. The molecule has 2 aromatic rings. The van der Waals surface area contributed by atoms with Gasteiger partial charge in [-0.1, -0.05) is 11.6 Å². The summed E-state index contributed by atoms with van der Waals surface area (Å²) in [5.74, 6) is 0. The summed E-state index contributed by atoms with van der Waals surface area (Å²) >= 11 is 9.15. The van der Waals surface area contributed by atoms with Crippen molar-refractivity contribution in [3.05, 3.63) is 27.0 Å². The first-order chi connectivity index (χ1) is 6.16. The van der Waals surface area contributed by atoms with Crippen LogP contribution in [0.25, 0.3) is 9.88 Å². The Bertz CT molecular complexity index is 411. The molecular weight excluding hydrogens is 222 g/mol. The number of thiophene rings is 1. The van der Waals surface area contributed by atoms with Gasteiger partial charge in [0.15, 0.2) is 0 Å². The lowest BCUT2D eigenvalue weighted by Gasteiger charge is -1.85. The number of thiazole rings is 1. The van der Waals surface area contributed by atoms with E-state index in [0.717, 1.165) is 19.9 Å². The summed E-state index contributed by atoms with van der Waals surface area (Å²) in [6.45, 7) is 4.12. The van der Waals surface area contributed by atoms with Crippen LogP contribution in [0.1, 0.15) is 10.6 Å². The maximum absolute atomic E-state index is 5.85. The summed E-state index contributed by atoms with van der Waals surface area (Å²) in [6.07, 6.45) is 0. The largest absolute Gasteiger partial charge is 0.240 e. The average molecular weight is 230 g/mol. The second kappa shape index (κ2) is 3.40. The molecule has 68 valence electrons. The second-order valence-corrected chi connectivity index (χ2v) is 5.68. The Labute approximate surface area is 90.0 Å². The van der Waals surface area contributed by atoms with E-state index in [1.54, 1.807) is 22.7 Å². The van der Waals surface area contributed by atoms with Gasteiger partial charge in [-0.3, -0.25) is 0 Å². The van der Waals surface area contributed by atoms with Crippen LogP contribution in [0.2, 0.25) is 4.34 Å². The van der Waals surface area contributed by atoms with E-state index in [1.807, 2.05) is 19.1 Å². The quantitative estimate of drug-likeness (QED) is 0.716. The van der Waals surface area contributed by atoms with Gasteiger partial charge in [0, 0.05) is 4.88 Å². The molecule has 2 aromatic heterocycles. The van der Waals surface area contributed by atoms with Gasteiger partial charge in [-0.05, 0) is 26.0 Å². The summed E-state index contributed by atoms with van der Waals surface area (Å²) in [6, 6.07) is 3.93. The zero-order chi connectivity index (χ0) is 9.42. The molecule has 0 amide bonds. The number of nitrogens with zero attached hydrogens (tertiary/aromatic N) is 1. The molecule has 0 atom stereocenters. The number of aromatic nitrogens is 1. The van der Waals surface area contributed by atoms with E-state index in [0.29, 0.717) is 0 Å².